The molecule has 0 aliphatic rings. The van der Waals surface area contributed by atoms with Crippen LogP contribution in [-0.2, 0) is 11.3 Å². The highest BCUT2D eigenvalue weighted by molar-refractivity contribution is 5.43. The van der Waals surface area contributed by atoms with Crippen LogP contribution in [0.15, 0.2) is 12.4 Å². The van der Waals surface area contributed by atoms with E-state index in [1.807, 2.05) is 0 Å². The van der Waals surface area contributed by atoms with Crippen molar-refractivity contribution in [2.24, 2.45) is 0 Å². The molecule has 0 aromatic carbocycles. The van der Waals surface area contributed by atoms with Gasteiger partial charge < -0.3 is 0 Å². The van der Waals surface area contributed by atoms with Crippen molar-refractivity contribution >= 4 is 5.65 Å². The van der Waals surface area contributed by atoms with Crippen LogP contribution in [0.4, 0.5) is 26.3 Å². The van der Waals surface area contributed by atoms with E-state index in [-0.39, 0.29) is 11.3 Å². The van der Waals surface area contributed by atoms with Gasteiger partial charge in [0.25, 0.3) is 0 Å². The second-order valence-electron chi connectivity index (χ2n) is 5.58. The third-order valence-corrected chi connectivity index (χ3v) is 2.85. The molecule has 0 amide bonds. The number of aromatic nitrogens is 3. The molecule has 0 bridgehead atoms. The first-order chi connectivity index (χ1) is 9.35. The van der Waals surface area contributed by atoms with Gasteiger partial charge >= 0.3 is 12.1 Å². The zero-order valence-corrected chi connectivity index (χ0v) is 11.3. The maximum Gasteiger partial charge on any atom is 0.459 e. The smallest absolute Gasteiger partial charge is 0.259 e. The van der Waals surface area contributed by atoms with E-state index >= 15 is 0 Å². The summed E-state index contributed by atoms with van der Waals surface area (Å²) in [6, 6.07) is 0.436. The number of fused-ring (bicyclic) bond motifs is 1. The molecule has 2 aromatic heterocycles. The Labute approximate surface area is 115 Å². The van der Waals surface area contributed by atoms with Crippen LogP contribution in [0.3, 0.4) is 0 Å². The van der Waals surface area contributed by atoms with Gasteiger partial charge in [0.1, 0.15) is 23.4 Å². The molecule has 116 valence electrons. The zero-order valence-electron chi connectivity index (χ0n) is 11.3. The van der Waals surface area contributed by atoms with Crippen molar-refractivity contribution in [3.05, 3.63) is 29.7 Å². The van der Waals surface area contributed by atoms with E-state index in [1.165, 1.54) is 0 Å². The fourth-order valence-corrected chi connectivity index (χ4v) is 1.71. The van der Waals surface area contributed by atoms with E-state index in [9.17, 15) is 26.3 Å². The Morgan fingerprint density at radius 1 is 1.05 bits per heavy atom. The Morgan fingerprint density at radius 2 is 1.62 bits per heavy atom. The molecular formula is C12H11F6N3. The molecule has 2 aromatic rings. The summed E-state index contributed by atoms with van der Waals surface area (Å²) in [5, 5.41) is 0. The summed E-state index contributed by atoms with van der Waals surface area (Å²) in [5.74, 6) is -5.97. The lowest BCUT2D eigenvalue weighted by Crippen LogP contribution is -2.34. The second kappa shape index (κ2) is 4.35. The van der Waals surface area contributed by atoms with Gasteiger partial charge in [-0.3, -0.25) is 4.40 Å². The first-order valence-electron chi connectivity index (χ1n) is 5.85. The van der Waals surface area contributed by atoms with Gasteiger partial charge in [0.05, 0.1) is 0 Å². The molecule has 0 spiro atoms. The summed E-state index contributed by atoms with van der Waals surface area (Å²) < 4.78 is 78.1. The van der Waals surface area contributed by atoms with Crippen LogP contribution in [0.1, 0.15) is 32.2 Å². The lowest BCUT2D eigenvalue weighted by Gasteiger charge is -2.18. The predicted molar refractivity (Wildman–Crippen MR) is 61.6 cm³/mol. The van der Waals surface area contributed by atoms with Crippen molar-refractivity contribution in [2.45, 2.75) is 38.3 Å². The van der Waals surface area contributed by atoms with Crippen molar-refractivity contribution in [1.82, 2.24) is 14.4 Å². The average Bonchev–Trinajstić information content (AvgIpc) is 2.64. The number of hydrogen-bond acceptors (Lipinski definition) is 2. The first kappa shape index (κ1) is 15.6. The second-order valence-corrected chi connectivity index (χ2v) is 5.58. The van der Waals surface area contributed by atoms with Crippen molar-refractivity contribution in [3.8, 4) is 0 Å². The van der Waals surface area contributed by atoms with Gasteiger partial charge in [-0.25, -0.2) is 9.97 Å². The van der Waals surface area contributed by atoms with Gasteiger partial charge in [-0.2, -0.15) is 26.3 Å². The van der Waals surface area contributed by atoms with Crippen LogP contribution < -0.4 is 0 Å². The van der Waals surface area contributed by atoms with Crippen LogP contribution in [0.2, 0.25) is 0 Å². The molecule has 0 saturated carbocycles. The maximum absolute atomic E-state index is 14.0. The Hall–Kier alpha value is -1.80. The molecule has 0 N–H and O–H groups in total. The number of nitrogens with zero attached hydrogens (tertiary/aromatic N) is 3. The fourth-order valence-electron chi connectivity index (χ4n) is 1.71. The van der Waals surface area contributed by atoms with Crippen molar-refractivity contribution in [1.29, 1.82) is 0 Å². The molecule has 0 unspecified atom stereocenters. The van der Waals surface area contributed by atoms with Crippen LogP contribution in [0, 0.1) is 5.95 Å². The van der Waals surface area contributed by atoms with Crippen molar-refractivity contribution in [3.63, 3.8) is 0 Å². The van der Waals surface area contributed by atoms with E-state index in [2.05, 4.69) is 9.97 Å². The molecule has 0 saturated heterocycles. The standard InChI is InChI=1S/C12H11F6N3/c1-10(2,3)8-9(13)21-5-19-6(4-7(21)20-8)11(14,15)12(16,17)18/h4-5H,1-3H3. The third-order valence-electron chi connectivity index (χ3n) is 2.85. The van der Waals surface area contributed by atoms with E-state index < -0.39 is 29.2 Å². The summed E-state index contributed by atoms with van der Waals surface area (Å²) in [7, 11) is 0. The molecule has 0 fully saturated rings. The molecule has 9 heteroatoms. The highest BCUT2D eigenvalue weighted by Crippen LogP contribution is 2.43. The number of rotatable bonds is 1. The first-order valence-corrected chi connectivity index (χ1v) is 5.85. The van der Waals surface area contributed by atoms with Gasteiger partial charge in [0.15, 0.2) is 0 Å². The summed E-state index contributed by atoms with van der Waals surface area (Å²) in [4.78, 5) is 6.80. The fraction of sp³-hybridized carbons (Fsp3) is 0.500. The van der Waals surface area contributed by atoms with Crippen LogP contribution in [0.5, 0.6) is 0 Å². The van der Waals surface area contributed by atoms with Gasteiger partial charge in [-0.05, 0) is 0 Å². The number of alkyl halides is 5. The maximum atomic E-state index is 14.0. The number of imidazole rings is 1. The molecule has 2 heterocycles. The van der Waals surface area contributed by atoms with E-state index in [4.69, 9.17) is 0 Å². The SMILES string of the molecule is CC(C)(C)c1nc2cc(C(F)(F)C(F)(F)F)ncn2c1F. The average molecular weight is 311 g/mol. The molecule has 0 aliphatic carbocycles. The minimum Gasteiger partial charge on any atom is -0.259 e. The van der Waals surface area contributed by atoms with Gasteiger partial charge in [-0.1, -0.05) is 20.8 Å². The molecular weight excluding hydrogens is 300 g/mol. The molecule has 21 heavy (non-hydrogen) atoms. The van der Waals surface area contributed by atoms with Gasteiger partial charge in [0, 0.05) is 11.5 Å². The molecule has 3 nitrogen and oxygen atoms in total. The Balaban J connectivity index is 2.64. The minimum atomic E-state index is -5.78. The number of halogens is 6. The summed E-state index contributed by atoms with van der Waals surface area (Å²) in [6.07, 6.45) is -5.21. The topological polar surface area (TPSA) is 30.2 Å². The summed E-state index contributed by atoms with van der Waals surface area (Å²) in [5.41, 5.74) is -2.65. The Morgan fingerprint density at radius 3 is 2.10 bits per heavy atom. The molecule has 0 atom stereocenters. The lowest BCUT2D eigenvalue weighted by molar-refractivity contribution is -0.290. The Kier molecular flexibility index (Phi) is 3.23. The highest BCUT2D eigenvalue weighted by Gasteiger charge is 2.60. The minimum absolute atomic E-state index is 0.0447. The highest BCUT2D eigenvalue weighted by atomic mass is 19.4. The van der Waals surface area contributed by atoms with E-state index in [1.54, 1.807) is 20.8 Å². The van der Waals surface area contributed by atoms with Gasteiger partial charge in [0.2, 0.25) is 5.95 Å². The van der Waals surface area contributed by atoms with Crippen LogP contribution in [0.25, 0.3) is 5.65 Å². The summed E-state index contributed by atoms with van der Waals surface area (Å²) in [6.45, 7) is 4.91. The van der Waals surface area contributed by atoms with Crippen LogP contribution >= 0.6 is 0 Å². The third kappa shape index (κ3) is 2.44. The lowest BCUT2D eigenvalue weighted by atomic mass is 9.93. The number of hydrogen-bond donors (Lipinski definition) is 0. The van der Waals surface area contributed by atoms with Crippen molar-refractivity contribution < 1.29 is 26.3 Å². The Bertz CT molecular complexity index is 681. The van der Waals surface area contributed by atoms with E-state index in [0.29, 0.717) is 12.4 Å². The van der Waals surface area contributed by atoms with Crippen LogP contribution in [-0.4, -0.2) is 20.5 Å². The van der Waals surface area contributed by atoms with Gasteiger partial charge in [-0.15, -0.1) is 0 Å². The zero-order chi connectivity index (χ0) is 16.2. The van der Waals surface area contributed by atoms with Crippen molar-refractivity contribution in [2.75, 3.05) is 0 Å². The quantitative estimate of drug-likeness (QED) is 0.750. The monoisotopic (exact) mass is 311 g/mol. The molecule has 0 radical (unpaired) electrons. The van der Waals surface area contributed by atoms with E-state index in [0.717, 1.165) is 4.40 Å². The summed E-state index contributed by atoms with van der Waals surface area (Å²) >= 11 is 0. The largest absolute Gasteiger partial charge is 0.459 e. The predicted octanol–water partition coefficient (Wildman–Crippen LogP) is 3.82. The molecule has 0 aliphatic heterocycles. The normalized spacial score (nSPS) is 14.0. The molecule has 2 rings (SSSR count).